The van der Waals surface area contributed by atoms with Gasteiger partial charge in [-0.3, -0.25) is 4.99 Å². The summed E-state index contributed by atoms with van der Waals surface area (Å²) in [6.45, 7) is -0.440. The normalized spacial score (nSPS) is 12.6. The highest BCUT2D eigenvalue weighted by atomic mass is 19.1. The minimum atomic E-state index is -0.650. The van der Waals surface area contributed by atoms with Crippen molar-refractivity contribution in [2.75, 3.05) is 20.3 Å². The van der Waals surface area contributed by atoms with Gasteiger partial charge in [0.2, 0.25) is 0 Å². The molecule has 78 valence electrons. The van der Waals surface area contributed by atoms with Crippen LogP contribution < -0.4 is 0 Å². The van der Waals surface area contributed by atoms with E-state index < -0.39 is 12.6 Å². The smallest absolute Gasteiger partial charge is 0.340 e. The Kier molecular flexibility index (Phi) is 7.03. The quantitative estimate of drug-likeness (QED) is 0.239. The summed E-state index contributed by atoms with van der Waals surface area (Å²) >= 11 is 0. The number of aliphatic hydroxyl groups is 1. The van der Waals surface area contributed by atoms with Gasteiger partial charge in [0.15, 0.2) is 0 Å². The zero-order valence-electron chi connectivity index (χ0n) is 7.81. The van der Waals surface area contributed by atoms with Crippen molar-refractivity contribution in [2.45, 2.75) is 0 Å². The molecule has 0 atom stereocenters. The lowest BCUT2D eigenvalue weighted by Gasteiger charge is -1.95. The van der Waals surface area contributed by atoms with Crippen molar-refractivity contribution in [3.05, 3.63) is 24.0 Å². The van der Waals surface area contributed by atoms with Gasteiger partial charge in [0.25, 0.3) is 0 Å². The first kappa shape index (κ1) is 12.3. The van der Waals surface area contributed by atoms with E-state index >= 15 is 0 Å². The predicted molar refractivity (Wildman–Crippen MR) is 51.2 cm³/mol. The van der Waals surface area contributed by atoms with Crippen LogP contribution in [0.5, 0.6) is 0 Å². The lowest BCUT2D eigenvalue weighted by molar-refractivity contribution is -0.135. The minimum Gasteiger partial charge on any atom is -0.515 e. The monoisotopic (exact) mass is 201 g/mol. The van der Waals surface area contributed by atoms with Crippen LogP contribution in [-0.2, 0) is 9.53 Å². The second-order valence-corrected chi connectivity index (χ2v) is 2.18. The molecule has 4 nitrogen and oxygen atoms in total. The molecule has 0 aromatic rings. The number of esters is 1. The van der Waals surface area contributed by atoms with Crippen LogP contribution in [0.15, 0.2) is 29.0 Å². The summed E-state index contributed by atoms with van der Waals surface area (Å²) in [7, 11) is 1.21. The molecule has 0 fully saturated rings. The standard InChI is InChI=1S/C9H12FNO3/c1-14-9(13)8(7-12)3-2-5-11-6-4-10/h2-3,5,7,12H,4,6H2,1H3/b3-2+,8-7-,11-5?. The molecule has 0 amide bonds. The van der Waals surface area contributed by atoms with Crippen molar-refractivity contribution in [3.8, 4) is 0 Å². The van der Waals surface area contributed by atoms with Crippen LogP contribution in [0.25, 0.3) is 0 Å². The number of nitrogens with zero attached hydrogens (tertiary/aromatic N) is 1. The van der Waals surface area contributed by atoms with Crippen molar-refractivity contribution in [1.82, 2.24) is 0 Å². The van der Waals surface area contributed by atoms with Crippen LogP contribution in [0.4, 0.5) is 4.39 Å². The van der Waals surface area contributed by atoms with Crippen LogP contribution in [0, 0.1) is 0 Å². The van der Waals surface area contributed by atoms with E-state index in [2.05, 4.69) is 9.73 Å². The Morgan fingerprint density at radius 2 is 2.36 bits per heavy atom. The molecule has 0 saturated heterocycles. The molecule has 0 saturated carbocycles. The Hall–Kier alpha value is -1.65. The van der Waals surface area contributed by atoms with E-state index in [0.717, 1.165) is 0 Å². The third-order valence-electron chi connectivity index (χ3n) is 1.24. The molecule has 0 aliphatic carbocycles. The number of methoxy groups -OCH3 is 1. The van der Waals surface area contributed by atoms with E-state index in [4.69, 9.17) is 5.11 Å². The number of carbonyl (C=O) groups is 1. The summed E-state index contributed by atoms with van der Waals surface area (Å²) in [4.78, 5) is 14.5. The van der Waals surface area contributed by atoms with Crippen LogP contribution in [0.1, 0.15) is 0 Å². The topological polar surface area (TPSA) is 58.9 Å². The van der Waals surface area contributed by atoms with E-state index in [1.54, 1.807) is 0 Å². The number of halogens is 1. The summed E-state index contributed by atoms with van der Waals surface area (Å²) in [5, 5.41) is 8.61. The fourth-order valence-corrected chi connectivity index (χ4v) is 0.613. The average Bonchev–Trinajstić information content (AvgIpc) is 2.22. The van der Waals surface area contributed by atoms with Gasteiger partial charge in [-0.25, -0.2) is 9.18 Å². The van der Waals surface area contributed by atoms with Crippen molar-refractivity contribution >= 4 is 12.2 Å². The molecular weight excluding hydrogens is 189 g/mol. The molecular formula is C9H12FNO3. The van der Waals surface area contributed by atoms with E-state index in [1.807, 2.05) is 0 Å². The molecule has 0 radical (unpaired) electrons. The molecule has 0 aromatic heterocycles. The summed E-state index contributed by atoms with van der Waals surface area (Å²) < 4.78 is 15.9. The van der Waals surface area contributed by atoms with Crippen LogP contribution in [0.2, 0.25) is 0 Å². The fraction of sp³-hybridized carbons (Fsp3) is 0.333. The number of hydrogen-bond acceptors (Lipinski definition) is 4. The van der Waals surface area contributed by atoms with E-state index in [1.165, 1.54) is 25.5 Å². The molecule has 0 aromatic carbocycles. The van der Waals surface area contributed by atoms with Crippen LogP contribution in [-0.4, -0.2) is 37.6 Å². The van der Waals surface area contributed by atoms with Crippen molar-refractivity contribution in [1.29, 1.82) is 0 Å². The second kappa shape index (κ2) is 7.97. The average molecular weight is 201 g/mol. The maximum absolute atomic E-state index is 11.6. The van der Waals surface area contributed by atoms with Gasteiger partial charge >= 0.3 is 5.97 Å². The van der Waals surface area contributed by atoms with Crippen molar-refractivity contribution in [3.63, 3.8) is 0 Å². The SMILES string of the molecule is COC(=O)C(=C\O)/C=C/C=NCCF. The molecule has 0 aliphatic heterocycles. The lowest BCUT2D eigenvalue weighted by atomic mass is 10.3. The highest BCUT2D eigenvalue weighted by Crippen LogP contribution is 1.97. The number of hydrogen-bond donors (Lipinski definition) is 1. The number of aliphatic hydroxyl groups excluding tert-OH is 1. The Bertz CT molecular complexity index is 259. The Morgan fingerprint density at radius 3 is 2.86 bits per heavy atom. The highest BCUT2D eigenvalue weighted by Gasteiger charge is 2.03. The lowest BCUT2D eigenvalue weighted by Crippen LogP contribution is -2.02. The van der Waals surface area contributed by atoms with Gasteiger partial charge in [-0.15, -0.1) is 0 Å². The van der Waals surface area contributed by atoms with Crippen LogP contribution in [0.3, 0.4) is 0 Å². The molecule has 1 N–H and O–H groups in total. The number of carbonyl (C=O) groups excluding carboxylic acids is 1. The van der Waals surface area contributed by atoms with Gasteiger partial charge < -0.3 is 9.84 Å². The van der Waals surface area contributed by atoms with Crippen molar-refractivity contribution < 1.29 is 19.0 Å². The minimum absolute atomic E-state index is 0.000742. The largest absolute Gasteiger partial charge is 0.515 e. The van der Waals surface area contributed by atoms with Crippen LogP contribution >= 0.6 is 0 Å². The fourth-order valence-electron chi connectivity index (χ4n) is 0.613. The van der Waals surface area contributed by atoms with Gasteiger partial charge in [-0.05, 0) is 12.2 Å². The molecule has 0 heterocycles. The number of alkyl halides is 1. The Balaban J connectivity index is 4.13. The molecule has 5 heteroatoms. The maximum Gasteiger partial charge on any atom is 0.340 e. The van der Waals surface area contributed by atoms with Gasteiger partial charge in [-0.1, -0.05) is 0 Å². The predicted octanol–water partition coefficient (Wildman–Crippen LogP) is 1.20. The summed E-state index contributed by atoms with van der Waals surface area (Å²) in [5.41, 5.74) is -0.000742. The third kappa shape index (κ3) is 5.08. The molecule has 0 unspecified atom stereocenters. The first-order valence-corrected chi connectivity index (χ1v) is 3.91. The first-order valence-electron chi connectivity index (χ1n) is 3.91. The summed E-state index contributed by atoms with van der Waals surface area (Å²) in [6, 6.07) is 0. The van der Waals surface area contributed by atoms with Crippen molar-refractivity contribution in [2.24, 2.45) is 4.99 Å². The number of aliphatic imine (C=N–C) groups is 1. The van der Waals surface area contributed by atoms with Gasteiger partial charge in [0, 0.05) is 6.21 Å². The first-order chi connectivity index (χ1) is 6.76. The number of ether oxygens (including phenoxy) is 1. The van der Waals surface area contributed by atoms with Gasteiger partial charge in [-0.2, -0.15) is 0 Å². The zero-order valence-corrected chi connectivity index (χ0v) is 7.81. The van der Waals surface area contributed by atoms with E-state index in [0.29, 0.717) is 6.26 Å². The third-order valence-corrected chi connectivity index (χ3v) is 1.24. The molecule has 0 bridgehead atoms. The van der Waals surface area contributed by atoms with Gasteiger partial charge in [0.1, 0.15) is 6.67 Å². The molecule has 0 spiro atoms. The molecule has 0 rings (SSSR count). The summed E-state index contributed by atoms with van der Waals surface area (Å²) in [6.07, 6.45) is 4.69. The van der Waals surface area contributed by atoms with Gasteiger partial charge in [0.05, 0.1) is 25.5 Å². The summed E-state index contributed by atoms with van der Waals surface area (Å²) in [5.74, 6) is -0.650. The van der Waals surface area contributed by atoms with E-state index in [-0.39, 0.29) is 12.1 Å². The highest BCUT2D eigenvalue weighted by molar-refractivity contribution is 5.92. The second-order valence-electron chi connectivity index (χ2n) is 2.18. The molecule has 14 heavy (non-hydrogen) atoms. The zero-order chi connectivity index (χ0) is 10.8. The molecule has 0 aliphatic rings. The van der Waals surface area contributed by atoms with E-state index in [9.17, 15) is 9.18 Å². The number of rotatable bonds is 5. The number of allylic oxidation sites excluding steroid dienone is 1. The maximum atomic E-state index is 11.6. The Labute approximate surface area is 81.4 Å². The Morgan fingerprint density at radius 1 is 1.64 bits per heavy atom.